The second-order valence-electron chi connectivity index (χ2n) is 4.52. The minimum Gasteiger partial charge on any atom is -0.497 e. The maximum atomic E-state index is 11.8. The number of benzene rings is 1. The third kappa shape index (κ3) is 4.33. The lowest BCUT2D eigenvalue weighted by Crippen LogP contribution is -2.20. The average Bonchev–Trinajstić information content (AvgIpc) is 2.96. The molecule has 0 aliphatic carbocycles. The van der Waals surface area contributed by atoms with E-state index in [1.807, 2.05) is 24.4 Å². The lowest BCUT2D eigenvalue weighted by Gasteiger charge is -2.10. The third-order valence-corrected chi connectivity index (χ3v) is 3.78. The van der Waals surface area contributed by atoms with E-state index in [2.05, 4.69) is 10.3 Å². The molecule has 0 atom stereocenters. The fourth-order valence-corrected chi connectivity index (χ4v) is 2.44. The fourth-order valence-electron chi connectivity index (χ4n) is 1.86. The number of nitrogens with one attached hydrogen (secondary N) is 1. The molecule has 1 heterocycles. The van der Waals surface area contributed by atoms with Crippen LogP contribution in [-0.4, -0.2) is 25.1 Å². The first-order valence-corrected chi connectivity index (χ1v) is 7.59. The van der Waals surface area contributed by atoms with Gasteiger partial charge in [-0.3, -0.25) is 4.79 Å². The van der Waals surface area contributed by atoms with Crippen LogP contribution in [0.5, 0.6) is 11.5 Å². The highest BCUT2D eigenvalue weighted by Gasteiger charge is 2.06. The van der Waals surface area contributed by atoms with Crippen molar-refractivity contribution in [1.29, 1.82) is 0 Å². The summed E-state index contributed by atoms with van der Waals surface area (Å²) < 4.78 is 10.4. The summed E-state index contributed by atoms with van der Waals surface area (Å²) in [6.45, 7) is 2.31. The summed E-state index contributed by atoms with van der Waals surface area (Å²) in [5.41, 5.74) is 1.68. The Morgan fingerprint density at radius 1 is 1.36 bits per heavy atom. The van der Waals surface area contributed by atoms with Gasteiger partial charge in [0.2, 0.25) is 5.91 Å². The molecule has 6 heteroatoms. The van der Waals surface area contributed by atoms with Crippen molar-refractivity contribution >= 4 is 23.3 Å². The first kappa shape index (κ1) is 16.0. The van der Waals surface area contributed by atoms with E-state index in [0.717, 1.165) is 16.3 Å². The number of aromatic nitrogens is 1. The van der Waals surface area contributed by atoms with Crippen LogP contribution < -0.4 is 14.8 Å². The van der Waals surface area contributed by atoms with Gasteiger partial charge >= 0.3 is 0 Å². The highest BCUT2D eigenvalue weighted by atomic mass is 32.1. The maximum Gasteiger partial charge on any atom is 0.244 e. The number of carbonyl (C=O) groups excluding carboxylic acids is 1. The number of methoxy groups -OCH3 is 2. The van der Waals surface area contributed by atoms with Gasteiger partial charge in [0.05, 0.1) is 24.9 Å². The number of rotatable bonds is 6. The molecule has 0 aliphatic heterocycles. The highest BCUT2D eigenvalue weighted by molar-refractivity contribution is 7.09. The Balaban J connectivity index is 1.94. The summed E-state index contributed by atoms with van der Waals surface area (Å²) in [5, 5.41) is 5.70. The molecule has 5 nitrogen and oxygen atoms in total. The van der Waals surface area contributed by atoms with E-state index in [-0.39, 0.29) is 5.91 Å². The van der Waals surface area contributed by atoms with Crippen LogP contribution in [0.25, 0.3) is 6.08 Å². The Bertz CT molecular complexity index is 680. The molecule has 0 bridgehead atoms. The zero-order valence-electron chi connectivity index (χ0n) is 12.8. The van der Waals surface area contributed by atoms with Crippen molar-refractivity contribution in [2.75, 3.05) is 14.2 Å². The van der Waals surface area contributed by atoms with Crippen LogP contribution in [0.4, 0.5) is 0 Å². The van der Waals surface area contributed by atoms with E-state index in [9.17, 15) is 4.79 Å². The van der Waals surface area contributed by atoms with Gasteiger partial charge in [0.1, 0.15) is 11.5 Å². The summed E-state index contributed by atoms with van der Waals surface area (Å²) in [6.07, 6.45) is 3.18. The number of thiazole rings is 1. The number of hydrogen-bond donors (Lipinski definition) is 1. The smallest absolute Gasteiger partial charge is 0.244 e. The summed E-state index contributed by atoms with van der Waals surface area (Å²) in [4.78, 5) is 16.1. The molecule has 1 aromatic heterocycles. The SMILES string of the molecule is COc1ccc(CNC(=O)/C=C/c2csc(C)n2)c(OC)c1. The molecule has 0 radical (unpaired) electrons. The molecular weight excluding hydrogens is 300 g/mol. The van der Waals surface area contributed by atoms with Gasteiger partial charge in [-0.1, -0.05) is 0 Å². The van der Waals surface area contributed by atoms with Crippen LogP contribution in [0.15, 0.2) is 29.7 Å². The topological polar surface area (TPSA) is 60.5 Å². The van der Waals surface area contributed by atoms with Crippen molar-refractivity contribution in [2.45, 2.75) is 13.5 Å². The molecule has 2 aromatic rings. The first-order valence-electron chi connectivity index (χ1n) is 6.71. The number of carbonyl (C=O) groups is 1. The summed E-state index contributed by atoms with van der Waals surface area (Å²) in [7, 11) is 3.19. The summed E-state index contributed by atoms with van der Waals surface area (Å²) in [5.74, 6) is 1.22. The quantitative estimate of drug-likeness (QED) is 0.832. The van der Waals surface area contributed by atoms with Gasteiger partial charge in [-0.2, -0.15) is 0 Å². The van der Waals surface area contributed by atoms with E-state index >= 15 is 0 Å². The van der Waals surface area contributed by atoms with Crippen LogP contribution in [0, 0.1) is 6.92 Å². The van der Waals surface area contributed by atoms with Crippen molar-refractivity contribution in [3.63, 3.8) is 0 Å². The third-order valence-electron chi connectivity index (χ3n) is 2.99. The molecule has 0 unspecified atom stereocenters. The van der Waals surface area contributed by atoms with Gasteiger partial charge in [0.15, 0.2) is 0 Å². The molecule has 22 heavy (non-hydrogen) atoms. The molecule has 0 fully saturated rings. The van der Waals surface area contributed by atoms with Gasteiger partial charge in [0.25, 0.3) is 0 Å². The predicted octanol–water partition coefficient (Wildman–Crippen LogP) is 2.80. The normalized spacial score (nSPS) is 10.7. The van der Waals surface area contributed by atoms with Crippen molar-refractivity contribution in [3.05, 3.63) is 45.9 Å². The second kappa shape index (κ2) is 7.61. The Hall–Kier alpha value is -2.34. The van der Waals surface area contributed by atoms with Crippen molar-refractivity contribution < 1.29 is 14.3 Å². The van der Waals surface area contributed by atoms with Crippen LogP contribution in [0.3, 0.4) is 0 Å². The minimum atomic E-state index is -0.177. The Kier molecular flexibility index (Phi) is 5.55. The van der Waals surface area contributed by atoms with Gasteiger partial charge in [-0.15, -0.1) is 11.3 Å². The molecule has 0 spiro atoms. The summed E-state index contributed by atoms with van der Waals surface area (Å²) in [6, 6.07) is 5.48. The Morgan fingerprint density at radius 3 is 2.82 bits per heavy atom. The lowest BCUT2D eigenvalue weighted by molar-refractivity contribution is -0.116. The largest absolute Gasteiger partial charge is 0.497 e. The van der Waals surface area contributed by atoms with Crippen LogP contribution >= 0.6 is 11.3 Å². The molecular formula is C16H18N2O3S. The molecule has 1 amide bonds. The molecule has 1 aromatic carbocycles. The van der Waals surface area contributed by atoms with E-state index in [0.29, 0.717) is 18.0 Å². The maximum absolute atomic E-state index is 11.8. The van der Waals surface area contributed by atoms with Gasteiger partial charge in [0, 0.05) is 29.6 Å². The molecule has 2 rings (SSSR count). The number of hydrogen-bond acceptors (Lipinski definition) is 5. The second-order valence-corrected chi connectivity index (χ2v) is 5.58. The lowest BCUT2D eigenvalue weighted by atomic mass is 10.2. The Morgan fingerprint density at radius 2 is 2.18 bits per heavy atom. The standard InChI is InChI=1S/C16H18N2O3S/c1-11-18-13(10-22-11)5-7-16(19)17-9-12-4-6-14(20-2)8-15(12)21-3/h4-8,10H,9H2,1-3H3,(H,17,19)/b7-5+. The van der Waals surface area contributed by atoms with E-state index in [1.165, 1.54) is 6.08 Å². The van der Waals surface area contributed by atoms with Crippen molar-refractivity contribution in [3.8, 4) is 11.5 Å². The molecule has 0 aliphatic rings. The minimum absolute atomic E-state index is 0.177. The fraction of sp³-hybridized carbons (Fsp3) is 0.250. The molecule has 0 saturated heterocycles. The van der Waals surface area contributed by atoms with E-state index in [1.54, 1.807) is 37.7 Å². The molecule has 116 valence electrons. The number of ether oxygens (including phenoxy) is 2. The Labute approximate surface area is 133 Å². The van der Waals surface area contributed by atoms with Crippen LogP contribution in [0.1, 0.15) is 16.3 Å². The summed E-state index contributed by atoms with van der Waals surface area (Å²) >= 11 is 1.55. The van der Waals surface area contributed by atoms with Crippen molar-refractivity contribution in [2.24, 2.45) is 0 Å². The van der Waals surface area contributed by atoms with Gasteiger partial charge < -0.3 is 14.8 Å². The van der Waals surface area contributed by atoms with Crippen LogP contribution in [-0.2, 0) is 11.3 Å². The molecule has 0 saturated carbocycles. The number of amides is 1. The zero-order valence-corrected chi connectivity index (χ0v) is 13.6. The van der Waals surface area contributed by atoms with Crippen LogP contribution in [0.2, 0.25) is 0 Å². The molecule has 1 N–H and O–H groups in total. The highest BCUT2D eigenvalue weighted by Crippen LogP contribution is 2.24. The van der Waals surface area contributed by atoms with E-state index in [4.69, 9.17) is 9.47 Å². The van der Waals surface area contributed by atoms with Gasteiger partial charge in [-0.25, -0.2) is 4.98 Å². The number of nitrogens with zero attached hydrogens (tertiary/aromatic N) is 1. The first-order chi connectivity index (χ1) is 10.6. The average molecular weight is 318 g/mol. The monoisotopic (exact) mass is 318 g/mol. The predicted molar refractivity (Wildman–Crippen MR) is 87.3 cm³/mol. The van der Waals surface area contributed by atoms with E-state index < -0.39 is 0 Å². The number of aryl methyl sites for hydroxylation is 1. The zero-order chi connectivity index (χ0) is 15.9. The van der Waals surface area contributed by atoms with Gasteiger partial charge in [-0.05, 0) is 25.1 Å². The van der Waals surface area contributed by atoms with Crippen molar-refractivity contribution in [1.82, 2.24) is 10.3 Å².